The molecule has 20 heavy (non-hydrogen) atoms. The summed E-state index contributed by atoms with van der Waals surface area (Å²) in [6.45, 7) is 3.98. The number of rotatable bonds is 11. The topological polar surface area (TPSA) is 38.8 Å². The molecular formula is C16H25NO3. The van der Waals surface area contributed by atoms with Crippen LogP contribution in [0.5, 0.6) is 0 Å². The number of carbonyl (C=O) groups excluding carboxylic acids is 1. The quantitative estimate of drug-likeness (QED) is 0.460. The van der Waals surface area contributed by atoms with E-state index in [0.717, 1.165) is 38.2 Å². The van der Waals surface area contributed by atoms with Crippen molar-refractivity contribution in [2.45, 2.75) is 12.8 Å². The normalized spacial score (nSPS) is 10.9. The van der Waals surface area contributed by atoms with Crippen molar-refractivity contribution in [2.24, 2.45) is 0 Å². The van der Waals surface area contributed by atoms with Gasteiger partial charge in [-0.15, -0.1) is 0 Å². The molecule has 0 fully saturated rings. The average molecular weight is 279 g/mol. The first-order valence-electron chi connectivity index (χ1n) is 7.06. The first kappa shape index (κ1) is 16.8. The monoisotopic (exact) mass is 279 g/mol. The molecule has 0 spiro atoms. The van der Waals surface area contributed by atoms with E-state index in [1.54, 1.807) is 14.2 Å². The number of hydrogen-bond donors (Lipinski definition) is 0. The fraction of sp³-hybridized carbons (Fsp3) is 0.562. The van der Waals surface area contributed by atoms with Gasteiger partial charge in [0.1, 0.15) is 0 Å². The third-order valence-electron chi connectivity index (χ3n) is 3.19. The maximum atomic E-state index is 12.1. The minimum Gasteiger partial charge on any atom is -0.385 e. The fourth-order valence-electron chi connectivity index (χ4n) is 2.02. The molecule has 0 heterocycles. The van der Waals surface area contributed by atoms with E-state index in [0.29, 0.717) is 13.0 Å². The molecule has 1 rings (SSSR count). The van der Waals surface area contributed by atoms with Crippen LogP contribution in [-0.2, 0) is 9.47 Å². The van der Waals surface area contributed by atoms with Crippen LogP contribution in [0.4, 0.5) is 0 Å². The SMILES string of the molecule is COCCCN(CCOC)CCC(=O)c1ccccc1. The zero-order valence-electron chi connectivity index (χ0n) is 12.5. The highest BCUT2D eigenvalue weighted by Crippen LogP contribution is 2.04. The maximum Gasteiger partial charge on any atom is 0.164 e. The van der Waals surface area contributed by atoms with Crippen molar-refractivity contribution in [3.8, 4) is 0 Å². The van der Waals surface area contributed by atoms with Gasteiger partial charge in [0.05, 0.1) is 6.61 Å². The highest BCUT2D eigenvalue weighted by atomic mass is 16.5. The van der Waals surface area contributed by atoms with Gasteiger partial charge in [0.25, 0.3) is 0 Å². The second-order valence-corrected chi connectivity index (χ2v) is 4.72. The summed E-state index contributed by atoms with van der Waals surface area (Å²) in [6.07, 6.45) is 1.51. The maximum absolute atomic E-state index is 12.1. The molecule has 0 bridgehead atoms. The zero-order chi connectivity index (χ0) is 14.6. The molecule has 4 heteroatoms. The highest BCUT2D eigenvalue weighted by molar-refractivity contribution is 5.96. The van der Waals surface area contributed by atoms with Crippen molar-refractivity contribution in [1.82, 2.24) is 4.90 Å². The molecule has 112 valence electrons. The lowest BCUT2D eigenvalue weighted by atomic mass is 10.1. The molecule has 0 aliphatic rings. The number of methoxy groups -OCH3 is 2. The van der Waals surface area contributed by atoms with Crippen molar-refractivity contribution >= 4 is 5.78 Å². The van der Waals surface area contributed by atoms with Crippen LogP contribution in [-0.4, -0.2) is 57.8 Å². The minimum absolute atomic E-state index is 0.194. The Morgan fingerprint density at radius 2 is 1.70 bits per heavy atom. The standard InChI is InChI=1S/C16H25NO3/c1-19-13-6-10-17(12-14-20-2)11-9-16(18)15-7-4-3-5-8-15/h3-5,7-8H,6,9-14H2,1-2H3. The largest absolute Gasteiger partial charge is 0.385 e. The van der Waals surface area contributed by atoms with Gasteiger partial charge < -0.3 is 14.4 Å². The Labute approximate surface area is 121 Å². The molecule has 0 amide bonds. The van der Waals surface area contributed by atoms with E-state index in [9.17, 15) is 4.79 Å². The van der Waals surface area contributed by atoms with Crippen molar-refractivity contribution < 1.29 is 14.3 Å². The Morgan fingerprint density at radius 1 is 1.00 bits per heavy atom. The summed E-state index contributed by atoms with van der Waals surface area (Å²) in [5.41, 5.74) is 0.788. The summed E-state index contributed by atoms with van der Waals surface area (Å²) in [4.78, 5) is 14.3. The predicted octanol–water partition coefficient (Wildman–Crippen LogP) is 2.24. The van der Waals surface area contributed by atoms with Gasteiger partial charge in [-0.05, 0) is 6.42 Å². The number of Topliss-reactive ketones (excluding diaryl/α,β-unsaturated/α-hetero) is 1. The second kappa shape index (κ2) is 10.5. The van der Waals surface area contributed by atoms with Gasteiger partial charge in [-0.2, -0.15) is 0 Å². The van der Waals surface area contributed by atoms with Gasteiger partial charge in [-0.3, -0.25) is 4.79 Å². The summed E-state index contributed by atoms with van der Waals surface area (Å²) in [7, 11) is 3.40. The molecule has 0 N–H and O–H groups in total. The van der Waals surface area contributed by atoms with Crippen LogP contribution in [0.2, 0.25) is 0 Å². The van der Waals surface area contributed by atoms with Gasteiger partial charge >= 0.3 is 0 Å². The van der Waals surface area contributed by atoms with Crippen LogP contribution in [0.3, 0.4) is 0 Å². The van der Waals surface area contributed by atoms with E-state index in [2.05, 4.69) is 4.90 Å². The van der Waals surface area contributed by atoms with Crippen LogP contribution in [0.15, 0.2) is 30.3 Å². The number of ether oxygens (including phenoxy) is 2. The Hall–Kier alpha value is -1.23. The van der Waals surface area contributed by atoms with Gasteiger partial charge in [0, 0.05) is 52.4 Å². The Bertz CT molecular complexity index is 367. The van der Waals surface area contributed by atoms with Crippen LogP contribution in [0.1, 0.15) is 23.2 Å². The second-order valence-electron chi connectivity index (χ2n) is 4.72. The van der Waals surface area contributed by atoms with E-state index in [1.807, 2.05) is 30.3 Å². The van der Waals surface area contributed by atoms with E-state index < -0.39 is 0 Å². The fourth-order valence-corrected chi connectivity index (χ4v) is 2.02. The summed E-state index contributed by atoms with van der Waals surface area (Å²) >= 11 is 0. The van der Waals surface area contributed by atoms with Gasteiger partial charge in [-0.25, -0.2) is 0 Å². The molecule has 0 aliphatic heterocycles. The minimum atomic E-state index is 0.194. The van der Waals surface area contributed by atoms with Crippen LogP contribution >= 0.6 is 0 Å². The highest BCUT2D eigenvalue weighted by Gasteiger charge is 2.09. The smallest absolute Gasteiger partial charge is 0.164 e. The molecule has 0 aromatic heterocycles. The Morgan fingerprint density at radius 3 is 2.35 bits per heavy atom. The first-order chi connectivity index (χ1) is 9.77. The third kappa shape index (κ3) is 6.80. The molecular weight excluding hydrogens is 254 g/mol. The van der Waals surface area contributed by atoms with Crippen molar-refractivity contribution in [2.75, 3.05) is 47.1 Å². The lowest BCUT2D eigenvalue weighted by molar-refractivity contribution is 0.0940. The lowest BCUT2D eigenvalue weighted by Gasteiger charge is -2.21. The number of benzene rings is 1. The van der Waals surface area contributed by atoms with E-state index >= 15 is 0 Å². The molecule has 1 aromatic rings. The summed E-state index contributed by atoms with van der Waals surface area (Å²) in [6, 6.07) is 9.45. The summed E-state index contributed by atoms with van der Waals surface area (Å²) in [5, 5.41) is 0. The molecule has 1 aromatic carbocycles. The number of carbonyl (C=O) groups is 1. The van der Waals surface area contributed by atoms with E-state index in [1.165, 1.54) is 0 Å². The van der Waals surface area contributed by atoms with E-state index in [-0.39, 0.29) is 5.78 Å². The Kier molecular flexibility index (Phi) is 8.87. The summed E-state index contributed by atoms with van der Waals surface area (Å²) < 4.78 is 10.2. The van der Waals surface area contributed by atoms with Crippen molar-refractivity contribution in [3.63, 3.8) is 0 Å². The molecule has 0 atom stereocenters. The van der Waals surface area contributed by atoms with E-state index in [4.69, 9.17) is 9.47 Å². The van der Waals surface area contributed by atoms with Crippen molar-refractivity contribution in [3.05, 3.63) is 35.9 Å². The number of ketones is 1. The molecule has 0 saturated heterocycles. The first-order valence-corrected chi connectivity index (χ1v) is 7.06. The van der Waals surface area contributed by atoms with Gasteiger partial charge in [0.2, 0.25) is 0 Å². The Balaban J connectivity index is 2.38. The number of nitrogens with zero attached hydrogens (tertiary/aromatic N) is 1. The summed E-state index contributed by atoms with van der Waals surface area (Å²) in [5.74, 6) is 0.194. The zero-order valence-corrected chi connectivity index (χ0v) is 12.5. The average Bonchev–Trinajstić information content (AvgIpc) is 2.50. The third-order valence-corrected chi connectivity index (χ3v) is 3.19. The van der Waals surface area contributed by atoms with Crippen LogP contribution in [0, 0.1) is 0 Å². The van der Waals surface area contributed by atoms with Gasteiger partial charge in [0.15, 0.2) is 5.78 Å². The molecule has 0 unspecified atom stereocenters. The van der Waals surface area contributed by atoms with Crippen molar-refractivity contribution in [1.29, 1.82) is 0 Å². The molecule has 4 nitrogen and oxygen atoms in total. The van der Waals surface area contributed by atoms with Gasteiger partial charge in [-0.1, -0.05) is 30.3 Å². The number of hydrogen-bond acceptors (Lipinski definition) is 4. The molecule has 0 radical (unpaired) electrons. The van der Waals surface area contributed by atoms with Crippen LogP contribution < -0.4 is 0 Å². The lowest BCUT2D eigenvalue weighted by Crippen LogP contribution is -2.31. The molecule has 0 saturated carbocycles. The molecule has 0 aliphatic carbocycles. The van der Waals surface area contributed by atoms with Crippen LogP contribution in [0.25, 0.3) is 0 Å². The predicted molar refractivity (Wildman–Crippen MR) is 80.2 cm³/mol.